The second-order valence-electron chi connectivity index (χ2n) is 3.03. The molecule has 0 fully saturated rings. The first-order valence-corrected chi connectivity index (χ1v) is 4.27. The van der Waals surface area contributed by atoms with Crippen molar-refractivity contribution in [1.82, 2.24) is 4.90 Å². The summed E-state index contributed by atoms with van der Waals surface area (Å²) in [5, 5.41) is 8.84. The molecule has 0 aliphatic rings. The van der Waals surface area contributed by atoms with E-state index < -0.39 is 0 Å². The standard InChI is InChI=1S/C9H18N2/c1-5-8(3)9(7-10)11(4)6-2/h8-9H,5-6H2,1-4H3. The molecule has 0 rings (SSSR count). The molecule has 11 heavy (non-hydrogen) atoms. The Kier molecular flexibility index (Phi) is 4.89. The fraction of sp³-hybridized carbons (Fsp3) is 0.889. The van der Waals surface area contributed by atoms with Crippen molar-refractivity contribution in [3.05, 3.63) is 0 Å². The van der Waals surface area contributed by atoms with Gasteiger partial charge in [-0.25, -0.2) is 0 Å². The van der Waals surface area contributed by atoms with Crippen molar-refractivity contribution in [3.8, 4) is 6.07 Å². The Morgan fingerprint density at radius 3 is 2.27 bits per heavy atom. The van der Waals surface area contributed by atoms with Crippen LogP contribution in [0.5, 0.6) is 0 Å². The quantitative estimate of drug-likeness (QED) is 0.618. The summed E-state index contributed by atoms with van der Waals surface area (Å²) in [5.41, 5.74) is 0. The van der Waals surface area contributed by atoms with E-state index in [1.165, 1.54) is 0 Å². The largest absolute Gasteiger partial charge is 0.291 e. The molecule has 2 unspecified atom stereocenters. The maximum Gasteiger partial charge on any atom is 0.100 e. The highest BCUT2D eigenvalue weighted by Crippen LogP contribution is 2.11. The van der Waals surface area contributed by atoms with Crippen LogP contribution in [-0.4, -0.2) is 24.5 Å². The Labute approximate surface area is 69.8 Å². The number of rotatable bonds is 4. The molecule has 0 saturated carbocycles. The van der Waals surface area contributed by atoms with Gasteiger partial charge in [0.05, 0.1) is 6.07 Å². The molecule has 0 aliphatic heterocycles. The van der Waals surface area contributed by atoms with Gasteiger partial charge in [-0.05, 0) is 19.5 Å². The molecule has 0 radical (unpaired) electrons. The van der Waals surface area contributed by atoms with Crippen LogP contribution in [0.1, 0.15) is 27.2 Å². The highest BCUT2D eigenvalue weighted by molar-refractivity contribution is 4.93. The first-order valence-electron chi connectivity index (χ1n) is 4.27. The Morgan fingerprint density at radius 1 is 1.45 bits per heavy atom. The van der Waals surface area contributed by atoms with E-state index in [9.17, 15) is 0 Å². The van der Waals surface area contributed by atoms with Gasteiger partial charge in [-0.3, -0.25) is 4.90 Å². The normalized spacial score (nSPS) is 16.0. The van der Waals surface area contributed by atoms with Crippen molar-refractivity contribution >= 4 is 0 Å². The maximum absolute atomic E-state index is 8.84. The number of hydrogen-bond donors (Lipinski definition) is 0. The summed E-state index contributed by atoms with van der Waals surface area (Å²) in [6.45, 7) is 7.27. The van der Waals surface area contributed by atoms with Crippen molar-refractivity contribution in [2.45, 2.75) is 33.2 Å². The second kappa shape index (κ2) is 5.15. The molecular formula is C9H18N2. The molecule has 0 aromatic heterocycles. The molecule has 64 valence electrons. The topological polar surface area (TPSA) is 27.0 Å². The van der Waals surface area contributed by atoms with Crippen LogP contribution >= 0.6 is 0 Å². The Bertz CT molecular complexity index is 127. The molecule has 2 atom stereocenters. The van der Waals surface area contributed by atoms with E-state index in [2.05, 4.69) is 31.7 Å². The lowest BCUT2D eigenvalue weighted by Crippen LogP contribution is -2.35. The van der Waals surface area contributed by atoms with Gasteiger partial charge in [0.1, 0.15) is 6.04 Å². The molecule has 0 aromatic carbocycles. The second-order valence-corrected chi connectivity index (χ2v) is 3.03. The van der Waals surface area contributed by atoms with E-state index in [1.807, 2.05) is 7.05 Å². The third-order valence-electron chi connectivity index (χ3n) is 2.29. The van der Waals surface area contributed by atoms with Crippen molar-refractivity contribution in [3.63, 3.8) is 0 Å². The minimum Gasteiger partial charge on any atom is -0.291 e. The third-order valence-corrected chi connectivity index (χ3v) is 2.29. The molecule has 0 aromatic rings. The van der Waals surface area contributed by atoms with E-state index in [0.29, 0.717) is 5.92 Å². The predicted molar refractivity (Wildman–Crippen MR) is 47.2 cm³/mol. The first kappa shape index (κ1) is 10.4. The number of hydrogen-bond acceptors (Lipinski definition) is 2. The van der Waals surface area contributed by atoms with Crippen molar-refractivity contribution < 1.29 is 0 Å². The highest BCUT2D eigenvalue weighted by Gasteiger charge is 2.17. The van der Waals surface area contributed by atoms with Gasteiger partial charge in [-0.1, -0.05) is 27.2 Å². The number of nitriles is 1. The van der Waals surface area contributed by atoms with Crippen LogP contribution < -0.4 is 0 Å². The molecule has 0 amide bonds. The average Bonchev–Trinajstić information content (AvgIpc) is 2.05. The van der Waals surface area contributed by atoms with Crippen molar-refractivity contribution in [2.24, 2.45) is 5.92 Å². The van der Waals surface area contributed by atoms with Gasteiger partial charge < -0.3 is 0 Å². The molecule has 2 nitrogen and oxygen atoms in total. The predicted octanol–water partition coefficient (Wildman–Crippen LogP) is 1.88. The van der Waals surface area contributed by atoms with Gasteiger partial charge in [0, 0.05) is 0 Å². The molecule has 0 heterocycles. The molecule has 0 bridgehead atoms. The summed E-state index contributed by atoms with van der Waals surface area (Å²) in [5.74, 6) is 0.477. The van der Waals surface area contributed by atoms with E-state index >= 15 is 0 Å². The van der Waals surface area contributed by atoms with Gasteiger partial charge in [-0.2, -0.15) is 5.26 Å². The fourth-order valence-corrected chi connectivity index (χ4v) is 1.08. The zero-order chi connectivity index (χ0) is 8.85. The lowest BCUT2D eigenvalue weighted by Gasteiger charge is -2.25. The summed E-state index contributed by atoms with van der Waals surface area (Å²) in [4.78, 5) is 2.09. The Balaban J connectivity index is 4.06. The maximum atomic E-state index is 8.84. The SMILES string of the molecule is CCC(C)C(C#N)N(C)CC. The van der Waals surface area contributed by atoms with Gasteiger partial charge in [0.15, 0.2) is 0 Å². The average molecular weight is 154 g/mol. The van der Waals surface area contributed by atoms with Crippen molar-refractivity contribution in [2.75, 3.05) is 13.6 Å². The van der Waals surface area contributed by atoms with E-state index in [1.54, 1.807) is 0 Å². The van der Waals surface area contributed by atoms with Crippen LogP contribution in [0.25, 0.3) is 0 Å². The zero-order valence-corrected chi connectivity index (χ0v) is 7.96. The van der Waals surface area contributed by atoms with Crippen molar-refractivity contribution in [1.29, 1.82) is 5.26 Å². The summed E-state index contributed by atoms with van der Waals surface area (Å²) < 4.78 is 0. The third kappa shape index (κ3) is 2.90. The summed E-state index contributed by atoms with van der Waals surface area (Å²) >= 11 is 0. The van der Waals surface area contributed by atoms with Gasteiger partial charge >= 0.3 is 0 Å². The van der Waals surface area contributed by atoms with E-state index in [-0.39, 0.29) is 6.04 Å². The molecule has 0 N–H and O–H groups in total. The summed E-state index contributed by atoms with van der Waals surface area (Å²) in [6.07, 6.45) is 1.07. The van der Waals surface area contributed by atoms with Crippen LogP contribution in [0.2, 0.25) is 0 Å². The highest BCUT2D eigenvalue weighted by atomic mass is 15.1. The van der Waals surface area contributed by atoms with Crippen LogP contribution in [0.4, 0.5) is 0 Å². The summed E-state index contributed by atoms with van der Waals surface area (Å²) in [7, 11) is 2.00. The van der Waals surface area contributed by atoms with Crippen LogP contribution in [0.15, 0.2) is 0 Å². The molecular weight excluding hydrogens is 136 g/mol. The van der Waals surface area contributed by atoms with E-state index in [0.717, 1.165) is 13.0 Å². The molecule has 0 saturated heterocycles. The van der Waals surface area contributed by atoms with Gasteiger partial charge in [-0.15, -0.1) is 0 Å². The zero-order valence-electron chi connectivity index (χ0n) is 7.96. The molecule has 0 spiro atoms. The minimum atomic E-state index is 0.0880. The lowest BCUT2D eigenvalue weighted by atomic mass is 9.99. The summed E-state index contributed by atoms with van der Waals surface area (Å²) in [6, 6.07) is 2.42. The van der Waals surface area contributed by atoms with Crippen LogP contribution in [0, 0.1) is 17.2 Å². The Morgan fingerprint density at radius 2 is 2.00 bits per heavy atom. The molecule has 2 heteroatoms. The number of nitrogens with zero attached hydrogens (tertiary/aromatic N) is 2. The van der Waals surface area contributed by atoms with E-state index in [4.69, 9.17) is 5.26 Å². The molecule has 0 aliphatic carbocycles. The lowest BCUT2D eigenvalue weighted by molar-refractivity contribution is 0.236. The van der Waals surface area contributed by atoms with Crippen LogP contribution in [-0.2, 0) is 0 Å². The first-order chi connectivity index (χ1) is 5.17. The smallest absolute Gasteiger partial charge is 0.100 e. The minimum absolute atomic E-state index is 0.0880. The Hall–Kier alpha value is -0.550. The monoisotopic (exact) mass is 154 g/mol. The fourth-order valence-electron chi connectivity index (χ4n) is 1.08. The van der Waals surface area contributed by atoms with Gasteiger partial charge in [0.25, 0.3) is 0 Å². The van der Waals surface area contributed by atoms with Crippen LogP contribution in [0.3, 0.4) is 0 Å². The van der Waals surface area contributed by atoms with Gasteiger partial charge in [0.2, 0.25) is 0 Å².